The molecule has 1 spiro atoms. The summed E-state index contributed by atoms with van der Waals surface area (Å²) in [4.78, 5) is 4.69. The second-order valence-corrected chi connectivity index (χ2v) is 13.2. The number of likely N-dealkylation sites (N-methyl/N-ethyl adjacent to an activating group) is 1. The van der Waals surface area contributed by atoms with Gasteiger partial charge in [-0.25, -0.2) is 0 Å². The Labute approximate surface area is 256 Å². The summed E-state index contributed by atoms with van der Waals surface area (Å²) in [6, 6.07) is 2.02. The van der Waals surface area contributed by atoms with Gasteiger partial charge in [-0.05, 0) is 71.4 Å². The van der Waals surface area contributed by atoms with Crippen LogP contribution in [-0.2, 0) is 4.74 Å². The van der Waals surface area contributed by atoms with Crippen molar-refractivity contribution in [1.29, 1.82) is 5.41 Å². The van der Waals surface area contributed by atoms with Gasteiger partial charge in [0.1, 0.15) is 0 Å². The molecule has 6 rings (SSSR count). The number of halogens is 2. The van der Waals surface area contributed by atoms with Crippen molar-refractivity contribution in [2.45, 2.75) is 78.3 Å². The first kappa shape index (κ1) is 32.1. The zero-order valence-corrected chi connectivity index (χ0v) is 27.3. The van der Waals surface area contributed by atoms with Gasteiger partial charge in [0.05, 0.1) is 29.3 Å². The van der Waals surface area contributed by atoms with Crippen LogP contribution in [0.4, 0.5) is 11.5 Å². The van der Waals surface area contributed by atoms with Crippen molar-refractivity contribution in [2.24, 2.45) is 5.41 Å². The first-order valence-corrected chi connectivity index (χ1v) is 15.9. The van der Waals surface area contributed by atoms with Crippen LogP contribution < -0.4 is 16.0 Å². The van der Waals surface area contributed by atoms with E-state index in [0.717, 1.165) is 94.3 Å². The van der Waals surface area contributed by atoms with E-state index in [0.29, 0.717) is 32.8 Å². The molecule has 3 aliphatic heterocycles. The summed E-state index contributed by atoms with van der Waals surface area (Å²) in [5.41, 5.74) is 10.6. The van der Waals surface area contributed by atoms with Gasteiger partial charge in [-0.2, -0.15) is 5.10 Å². The second kappa shape index (κ2) is 13.2. The molecule has 4 heterocycles. The fourth-order valence-corrected chi connectivity index (χ4v) is 7.06. The summed E-state index contributed by atoms with van der Waals surface area (Å²) >= 11 is 13.3. The number of hydrogen-bond acceptors (Lipinski definition) is 7. The van der Waals surface area contributed by atoms with Gasteiger partial charge in [-0.1, -0.05) is 37.0 Å². The van der Waals surface area contributed by atoms with E-state index in [1.165, 1.54) is 12.6 Å². The molecule has 1 aliphatic carbocycles. The molecule has 0 atom stereocenters. The molecule has 4 N–H and O–H groups in total. The summed E-state index contributed by atoms with van der Waals surface area (Å²) in [6.45, 7) is 17.9. The molecular formula is C31H49Cl2N7O. The number of anilines is 2. The number of ether oxygens (including phenoxy) is 1. The van der Waals surface area contributed by atoms with E-state index in [4.69, 9.17) is 44.2 Å². The van der Waals surface area contributed by atoms with Crippen LogP contribution in [0, 0.1) is 17.7 Å². The van der Waals surface area contributed by atoms with Gasteiger partial charge in [0.25, 0.3) is 0 Å². The Bertz CT molecular complexity index is 1210. The van der Waals surface area contributed by atoms with Gasteiger partial charge in [0.2, 0.25) is 0 Å². The van der Waals surface area contributed by atoms with Crippen molar-refractivity contribution < 1.29 is 4.74 Å². The molecule has 0 radical (unpaired) electrons. The third kappa shape index (κ3) is 6.42. The third-order valence-electron chi connectivity index (χ3n) is 9.14. The van der Waals surface area contributed by atoms with Crippen LogP contribution in [0.5, 0.6) is 0 Å². The van der Waals surface area contributed by atoms with Crippen LogP contribution in [-0.4, -0.2) is 79.4 Å². The molecule has 1 aromatic carbocycles. The summed E-state index contributed by atoms with van der Waals surface area (Å²) < 4.78 is 7.31. The molecule has 0 bridgehead atoms. The molecule has 8 nitrogen and oxygen atoms in total. The summed E-state index contributed by atoms with van der Waals surface area (Å²) in [7, 11) is 2.11. The summed E-state index contributed by atoms with van der Waals surface area (Å²) in [5.74, 6) is 0.937. The second-order valence-electron chi connectivity index (χ2n) is 12.4. The minimum Gasteiger partial charge on any atom is -0.398 e. The maximum atomic E-state index is 8.07. The van der Waals surface area contributed by atoms with Crippen molar-refractivity contribution >= 4 is 40.9 Å². The number of nitrogens with two attached hydrogens (primary N) is 1. The van der Waals surface area contributed by atoms with Crippen molar-refractivity contribution in [3.63, 3.8) is 0 Å². The van der Waals surface area contributed by atoms with Crippen LogP contribution >= 0.6 is 23.2 Å². The number of nitrogen functional groups attached to an aromatic ring is 1. The molecule has 4 aliphatic rings. The fourth-order valence-electron chi connectivity index (χ4n) is 6.59. The van der Waals surface area contributed by atoms with Crippen molar-refractivity contribution in [2.75, 3.05) is 63.6 Å². The molecule has 1 aromatic heterocycles. The van der Waals surface area contributed by atoms with E-state index in [1.54, 1.807) is 6.07 Å². The van der Waals surface area contributed by atoms with Crippen molar-refractivity contribution in [3.8, 4) is 11.1 Å². The Morgan fingerprint density at radius 2 is 1.76 bits per heavy atom. The Kier molecular flexibility index (Phi) is 10.3. The van der Waals surface area contributed by atoms with Crippen LogP contribution in [0.25, 0.3) is 11.1 Å². The first-order chi connectivity index (χ1) is 19.6. The third-order valence-corrected chi connectivity index (χ3v) is 9.93. The Balaban J connectivity index is 0.000000372. The Hall–Kier alpha value is -1.84. The van der Waals surface area contributed by atoms with Crippen LogP contribution in [0.1, 0.15) is 77.1 Å². The standard InChI is InChI=1S/C24H32Cl2N6.C5H11NO.C2H6/c1-14-19(20-16(11-27)18(28)8-17(25)21(20)26)22(31-7-5-4-6-23(31,2)3)30-32(14)15-9-24(10-15)12-29-13-24;1-6-2-4-7-5-3-6;1-2/h8,11,15,27,29H,4-7,9-10,12-13,28H2,1-3H3;2-5H2,1H3;1-2H3. The van der Waals surface area contributed by atoms with Gasteiger partial charge >= 0.3 is 0 Å². The van der Waals surface area contributed by atoms with Crippen LogP contribution in [0.2, 0.25) is 10.0 Å². The van der Waals surface area contributed by atoms with Crippen molar-refractivity contribution in [1.82, 2.24) is 20.0 Å². The predicted molar refractivity (Wildman–Crippen MR) is 173 cm³/mol. The average molecular weight is 607 g/mol. The Morgan fingerprint density at radius 1 is 1.10 bits per heavy atom. The van der Waals surface area contributed by atoms with E-state index in [2.05, 4.69) is 47.6 Å². The molecule has 3 saturated heterocycles. The highest BCUT2D eigenvalue weighted by Gasteiger charge is 2.50. The van der Waals surface area contributed by atoms with E-state index in [-0.39, 0.29) is 5.54 Å². The highest BCUT2D eigenvalue weighted by molar-refractivity contribution is 6.44. The average Bonchev–Trinajstić information content (AvgIpc) is 3.22. The minimum absolute atomic E-state index is 0.0151. The quantitative estimate of drug-likeness (QED) is 0.275. The number of aromatic nitrogens is 2. The zero-order valence-electron chi connectivity index (χ0n) is 25.7. The summed E-state index contributed by atoms with van der Waals surface area (Å²) in [5, 5.41) is 17.6. The number of hydrogen-bond donors (Lipinski definition) is 3. The molecule has 41 heavy (non-hydrogen) atoms. The highest BCUT2D eigenvalue weighted by Crippen LogP contribution is 2.53. The topological polar surface area (TPSA) is 95.4 Å². The number of benzene rings is 1. The lowest BCUT2D eigenvalue weighted by atomic mass is 9.61. The highest BCUT2D eigenvalue weighted by atomic mass is 35.5. The lowest BCUT2D eigenvalue weighted by molar-refractivity contribution is 0.00158. The van der Waals surface area contributed by atoms with E-state index >= 15 is 0 Å². The maximum Gasteiger partial charge on any atom is 0.159 e. The van der Waals surface area contributed by atoms with Gasteiger partial charge in [0, 0.05) is 72.5 Å². The van der Waals surface area contributed by atoms with Crippen LogP contribution in [0.15, 0.2) is 6.07 Å². The molecule has 0 amide bonds. The normalized spacial score (nSPS) is 21.6. The first-order valence-electron chi connectivity index (χ1n) is 15.2. The lowest BCUT2D eigenvalue weighted by Gasteiger charge is -2.54. The molecule has 228 valence electrons. The smallest absolute Gasteiger partial charge is 0.159 e. The number of piperidine rings is 1. The predicted octanol–water partition coefficient (Wildman–Crippen LogP) is 6.41. The van der Waals surface area contributed by atoms with Gasteiger partial charge < -0.3 is 31.0 Å². The monoisotopic (exact) mass is 605 g/mol. The molecule has 10 heteroatoms. The fraction of sp³-hybridized carbons (Fsp3) is 0.677. The molecule has 0 unspecified atom stereocenters. The van der Waals surface area contributed by atoms with Crippen molar-refractivity contribution in [3.05, 3.63) is 27.4 Å². The minimum atomic E-state index is -0.0151. The van der Waals surface area contributed by atoms with Gasteiger partial charge in [0.15, 0.2) is 5.82 Å². The molecule has 4 fully saturated rings. The SMILES string of the molecule is CC.CN1CCOCC1.Cc1c(-c2c(Cl)c(Cl)cc(N)c2C=N)c(N2CCCCC2(C)C)nn1C1CC2(CNC2)C1. The zero-order chi connectivity index (χ0) is 29.9. The number of rotatable bonds is 4. The van der Waals surface area contributed by atoms with Crippen LogP contribution in [0.3, 0.4) is 0 Å². The molecular weight excluding hydrogens is 557 g/mol. The van der Waals surface area contributed by atoms with Gasteiger partial charge in [-0.3, -0.25) is 4.68 Å². The molecule has 1 saturated carbocycles. The molecule has 2 aromatic rings. The van der Waals surface area contributed by atoms with E-state index in [9.17, 15) is 0 Å². The maximum absolute atomic E-state index is 8.07. The number of morpholine rings is 1. The van der Waals surface area contributed by atoms with Gasteiger partial charge in [-0.15, -0.1) is 0 Å². The number of nitrogens with one attached hydrogen (secondary N) is 2. The van der Waals surface area contributed by atoms with E-state index in [1.807, 2.05) is 13.8 Å². The lowest BCUT2D eigenvalue weighted by Crippen LogP contribution is -2.60. The largest absolute Gasteiger partial charge is 0.398 e. The summed E-state index contributed by atoms with van der Waals surface area (Å²) in [6.07, 6.45) is 7.04. The van der Waals surface area contributed by atoms with E-state index < -0.39 is 0 Å². The number of nitrogens with zero attached hydrogens (tertiary/aromatic N) is 4. The Morgan fingerprint density at radius 3 is 2.27 bits per heavy atom.